The van der Waals surface area contributed by atoms with Crippen LogP contribution in [0.15, 0.2) is 42.5 Å². The lowest BCUT2D eigenvalue weighted by molar-refractivity contribution is 0.0696. The predicted octanol–water partition coefficient (Wildman–Crippen LogP) is 2.04. The molecule has 0 aliphatic carbocycles. The largest absolute Gasteiger partial charge is 0.487 e. The molecule has 0 bridgehead atoms. The Kier molecular flexibility index (Phi) is 4.22. The number of carbonyl (C=O) groups is 1. The monoisotopic (exact) mass is 273 g/mol. The van der Waals surface area contributed by atoms with Gasteiger partial charge in [0.25, 0.3) is 0 Å². The van der Waals surface area contributed by atoms with Gasteiger partial charge in [-0.25, -0.2) is 4.79 Å². The van der Waals surface area contributed by atoms with Gasteiger partial charge in [-0.15, -0.1) is 0 Å². The molecule has 20 heavy (non-hydrogen) atoms. The average molecular weight is 273 g/mol. The molecule has 0 fully saturated rings. The molecule has 0 spiro atoms. The van der Waals surface area contributed by atoms with E-state index in [1.54, 1.807) is 12.1 Å². The van der Waals surface area contributed by atoms with Crippen molar-refractivity contribution in [2.24, 2.45) is 0 Å². The molecule has 0 aliphatic rings. The minimum absolute atomic E-state index is 0.00522. The van der Waals surface area contributed by atoms with E-state index in [1.807, 2.05) is 12.1 Å². The second-order valence-electron chi connectivity index (χ2n) is 4.32. The first-order valence-electron chi connectivity index (χ1n) is 6.04. The molecule has 0 saturated carbocycles. The van der Waals surface area contributed by atoms with Crippen LogP contribution in [0.2, 0.25) is 0 Å². The van der Waals surface area contributed by atoms with Crippen molar-refractivity contribution >= 4 is 11.7 Å². The van der Waals surface area contributed by atoms with Gasteiger partial charge in [0.15, 0.2) is 0 Å². The normalized spacial score (nSPS) is 10.2. The van der Waals surface area contributed by atoms with Crippen molar-refractivity contribution in [3.8, 4) is 5.75 Å². The lowest BCUT2D eigenvalue weighted by Gasteiger charge is -2.10. The number of hydrogen-bond donors (Lipinski definition) is 3. The Labute approximate surface area is 116 Å². The second-order valence-corrected chi connectivity index (χ2v) is 4.32. The summed E-state index contributed by atoms with van der Waals surface area (Å²) < 4.78 is 5.54. The maximum Gasteiger partial charge on any atom is 0.335 e. The summed E-state index contributed by atoms with van der Waals surface area (Å²) in [5, 5.41) is 17.9. The summed E-state index contributed by atoms with van der Waals surface area (Å²) in [6.45, 7) is 0.272. The number of ether oxygens (including phenoxy) is 1. The SMILES string of the molecule is Nc1ccc(C(=O)O)cc1OCc1ccc(CO)cc1. The third kappa shape index (κ3) is 3.27. The Morgan fingerprint density at radius 1 is 1.10 bits per heavy atom. The summed E-state index contributed by atoms with van der Waals surface area (Å²) >= 11 is 0. The first kappa shape index (κ1) is 13.9. The lowest BCUT2D eigenvalue weighted by Crippen LogP contribution is -2.02. The number of aromatic carboxylic acids is 1. The molecule has 0 aliphatic heterocycles. The van der Waals surface area contributed by atoms with Gasteiger partial charge in [-0.3, -0.25) is 0 Å². The third-order valence-corrected chi connectivity index (χ3v) is 2.86. The molecular formula is C15H15NO4. The van der Waals surface area contributed by atoms with Crippen LogP contribution < -0.4 is 10.5 Å². The average Bonchev–Trinajstić information content (AvgIpc) is 2.46. The minimum Gasteiger partial charge on any atom is -0.487 e. The summed E-state index contributed by atoms with van der Waals surface area (Å²) in [5.74, 6) is -0.682. The van der Waals surface area contributed by atoms with Crippen LogP contribution in [0, 0.1) is 0 Å². The van der Waals surface area contributed by atoms with E-state index in [0.29, 0.717) is 11.4 Å². The maximum absolute atomic E-state index is 10.9. The standard InChI is InChI=1S/C15H15NO4/c16-13-6-5-12(15(18)19)7-14(13)20-9-11-3-1-10(8-17)2-4-11/h1-7,17H,8-9,16H2,(H,18,19). The van der Waals surface area contributed by atoms with Crippen molar-refractivity contribution in [1.29, 1.82) is 0 Å². The number of benzene rings is 2. The highest BCUT2D eigenvalue weighted by Gasteiger charge is 2.07. The van der Waals surface area contributed by atoms with Gasteiger partial charge in [-0.1, -0.05) is 24.3 Å². The van der Waals surface area contributed by atoms with E-state index in [9.17, 15) is 4.79 Å². The number of rotatable bonds is 5. The van der Waals surface area contributed by atoms with Crippen LogP contribution in [0.3, 0.4) is 0 Å². The zero-order chi connectivity index (χ0) is 14.5. The third-order valence-electron chi connectivity index (χ3n) is 2.86. The van der Waals surface area contributed by atoms with Crippen molar-refractivity contribution in [2.75, 3.05) is 5.73 Å². The quantitative estimate of drug-likeness (QED) is 0.725. The predicted molar refractivity (Wildman–Crippen MR) is 74.5 cm³/mol. The number of carboxylic acids is 1. The second kappa shape index (κ2) is 6.08. The lowest BCUT2D eigenvalue weighted by atomic mass is 10.1. The number of aliphatic hydroxyl groups excluding tert-OH is 1. The molecule has 0 radical (unpaired) electrons. The summed E-state index contributed by atoms with van der Waals surface area (Å²) in [5.41, 5.74) is 7.99. The van der Waals surface area contributed by atoms with Gasteiger partial charge >= 0.3 is 5.97 Å². The van der Waals surface area contributed by atoms with E-state index >= 15 is 0 Å². The van der Waals surface area contributed by atoms with Crippen LogP contribution in [-0.2, 0) is 13.2 Å². The molecular weight excluding hydrogens is 258 g/mol. The fraction of sp³-hybridized carbons (Fsp3) is 0.133. The van der Waals surface area contributed by atoms with Gasteiger partial charge in [-0.2, -0.15) is 0 Å². The van der Waals surface area contributed by atoms with Crippen molar-refractivity contribution in [2.45, 2.75) is 13.2 Å². The molecule has 0 amide bonds. The highest BCUT2D eigenvalue weighted by atomic mass is 16.5. The minimum atomic E-state index is -1.03. The van der Waals surface area contributed by atoms with Crippen LogP contribution in [0.5, 0.6) is 5.75 Å². The molecule has 104 valence electrons. The fourth-order valence-electron chi connectivity index (χ4n) is 1.69. The van der Waals surface area contributed by atoms with Crippen molar-refractivity contribution in [1.82, 2.24) is 0 Å². The molecule has 5 heteroatoms. The zero-order valence-corrected chi connectivity index (χ0v) is 10.7. The number of carboxylic acid groups (broad SMARTS) is 1. The maximum atomic E-state index is 10.9. The Balaban J connectivity index is 2.09. The van der Waals surface area contributed by atoms with Crippen LogP contribution in [-0.4, -0.2) is 16.2 Å². The van der Waals surface area contributed by atoms with E-state index in [0.717, 1.165) is 11.1 Å². The molecule has 2 aromatic carbocycles. The Bertz CT molecular complexity index is 608. The summed E-state index contributed by atoms with van der Waals surface area (Å²) in [6.07, 6.45) is 0. The molecule has 0 heterocycles. The molecule has 2 rings (SSSR count). The van der Waals surface area contributed by atoms with Gasteiger partial charge in [-0.05, 0) is 29.3 Å². The molecule has 4 N–H and O–H groups in total. The molecule has 2 aromatic rings. The number of hydrogen-bond acceptors (Lipinski definition) is 4. The highest BCUT2D eigenvalue weighted by molar-refractivity contribution is 5.89. The first-order valence-corrected chi connectivity index (χ1v) is 6.04. The molecule has 0 unspecified atom stereocenters. The Hall–Kier alpha value is -2.53. The molecule has 5 nitrogen and oxygen atoms in total. The summed E-state index contributed by atoms with van der Waals surface area (Å²) in [6, 6.07) is 11.6. The van der Waals surface area contributed by atoms with Crippen molar-refractivity contribution in [3.05, 3.63) is 59.2 Å². The zero-order valence-electron chi connectivity index (χ0n) is 10.7. The van der Waals surface area contributed by atoms with E-state index in [2.05, 4.69) is 0 Å². The van der Waals surface area contributed by atoms with Gasteiger partial charge in [0.05, 0.1) is 17.9 Å². The Morgan fingerprint density at radius 3 is 2.35 bits per heavy atom. The topological polar surface area (TPSA) is 92.8 Å². The number of anilines is 1. The Morgan fingerprint density at radius 2 is 1.75 bits per heavy atom. The number of nitrogens with two attached hydrogens (primary N) is 1. The van der Waals surface area contributed by atoms with E-state index in [-0.39, 0.29) is 18.8 Å². The van der Waals surface area contributed by atoms with Crippen LogP contribution in [0.4, 0.5) is 5.69 Å². The van der Waals surface area contributed by atoms with Crippen LogP contribution >= 0.6 is 0 Å². The van der Waals surface area contributed by atoms with Gasteiger partial charge in [0, 0.05) is 0 Å². The van der Waals surface area contributed by atoms with E-state index in [1.165, 1.54) is 18.2 Å². The van der Waals surface area contributed by atoms with E-state index in [4.69, 9.17) is 20.7 Å². The van der Waals surface area contributed by atoms with Gasteiger partial charge < -0.3 is 20.7 Å². The van der Waals surface area contributed by atoms with Gasteiger partial charge in [0.2, 0.25) is 0 Å². The first-order chi connectivity index (χ1) is 9.60. The van der Waals surface area contributed by atoms with Gasteiger partial charge in [0.1, 0.15) is 12.4 Å². The smallest absolute Gasteiger partial charge is 0.335 e. The van der Waals surface area contributed by atoms with E-state index < -0.39 is 5.97 Å². The van der Waals surface area contributed by atoms with Crippen molar-refractivity contribution in [3.63, 3.8) is 0 Å². The van der Waals surface area contributed by atoms with Crippen molar-refractivity contribution < 1.29 is 19.7 Å². The summed E-state index contributed by atoms with van der Waals surface area (Å²) in [4.78, 5) is 10.9. The molecule has 0 atom stereocenters. The summed E-state index contributed by atoms with van der Waals surface area (Å²) in [7, 11) is 0. The fourth-order valence-corrected chi connectivity index (χ4v) is 1.69. The van der Waals surface area contributed by atoms with Crippen LogP contribution in [0.1, 0.15) is 21.5 Å². The molecule has 0 saturated heterocycles. The highest BCUT2D eigenvalue weighted by Crippen LogP contribution is 2.24. The molecule has 0 aromatic heterocycles. The number of aliphatic hydroxyl groups is 1. The van der Waals surface area contributed by atoms with Crippen LogP contribution in [0.25, 0.3) is 0 Å². The number of nitrogen functional groups attached to an aromatic ring is 1.